The maximum absolute atomic E-state index is 13.0. The largest absolute Gasteiger partial charge is 0.494 e. The number of thiol groups is 1. The highest BCUT2D eigenvalue weighted by Gasteiger charge is 2.50. The number of ether oxygens (including phenoxy) is 2. The molecule has 0 aromatic carbocycles. The van der Waals surface area contributed by atoms with E-state index in [0.29, 0.717) is 31.0 Å². The Bertz CT molecular complexity index is 762. The Morgan fingerprint density at radius 3 is 2.78 bits per heavy atom. The van der Waals surface area contributed by atoms with E-state index in [1.165, 1.54) is 18.2 Å². The molecule has 1 atom stereocenters. The number of hydrogen-bond acceptors (Lipinski definition) is 8. The first kappa shape index (κ1) is 21.0. The van der Waals surface area contributed by atoms with Gasteiger partial charge in [-0.05, 0) is 27.2 Å². The van der Waals surface area contributed by atoms with Crippen LogP contribution in [0.25, 0.3) is 0 Å². The first-order valence-electron chi connectivity index (χ1n) is 8.66. The summed E-state index contributed by atoms with van der Waals surface area (Å²) in [6.45, 7) is 6.25. The van der Waals surface area contributed by atoms with Gasteiger partial charge in [0, 0.05) is 19.0 Å². The molecular formula is C18H24N4O4S. The van der Waals surface area contributed by atoms with Gasteiger partial charge in [0.2, 0.25) is 5.91 Å². The van der Waals surface area contributed by atoms with Gasteiger partial charge in [0.25, 0.3) is 0 Å². The summed E-state index contributed by atoms with van der Waals surface area (Å²) in [7, 11) is 1.44. The fourth-order valence-corrected chi connectivity index (χ4v) is 3.67. The molecule has 146 valence electrons. The third-order valence-electron chi connectivity index (χ3n) is 4.50. The molecule has 0 saturated carbocycles. The van der Waals surface area contributed by atoms with Crippen LogP contribution in [0.1, 0.15) is 39.3 Å². The first-order chi connectivity index (χ1) is 12.8. The van der Waals surface area contributed by atoms with Crippen LogP contribution >= 0.6 is 12.6 Å². The van der Waals surface area contributed by atoms with Crippen LogP contribution < -0.4 is 9.64 Å². The molecular weight excluding hydrogens is 368 g/mol. The van der Waals surface area contributed by atoms with Crippen molar-refractivity contribution in [2.24, 2.45) is 0 Å². The quantitative estimate of drug-likeness (QED) is 0.560. The van der Waals surface area contributed by atoms with Gasteiger partial charge in [0.15, 0.2) is 11.4 Å². The van der Waals surface area contributed by atoms with E-state index < -0.39 is 11.0 Å². The molecule has 1 aliphatic heterocycles. The number of rotatable bonds is 7. The van der Waals surface area contributed by atoms with Gasteiger partial charge in [0.1, 0.15) is 11.6 Å². The molecule has 0 N–H and O–H groups in total. The van der Waals surface area contributed by atoms with Crippen LogP contribution in [0.2, 0.25) is 0 Å². The molecule has 8 nitrogen and oxygen atoms in total. The zero-order chi connectivity index (χ0) is 20.2. The van der Waals surface area contributed by atoms with Crippen molar-refractivity contribution in [1.29, 1.82) is 5.26 Å². The minimum atomic E-state index is -0.803. The molecule has 27 heavy (non-hydrogen) atoms. The van der Waals surface area contributed by atoms with Crippen molar-refractivity contribution in [2.75, 3.05) is 25.2 Å². The number of pyridine rings is 1. The van der Waals surface area contributed by atoms with E-state index in [1.807, 2.05) is 24.8 Å². The average molecular weight is 392 g/mol. The van der Waals surface area contributed by atoms with Crippen LogP contribution in [0.4, 0.5) is 5.69 Å². The number of carbonyl (C=O) groups excluding carboxylic acids is 2. The number of nitriles is 1. The summed E-state index contributed by atoms with van der Waals surface area (Å²) in [6.07, 6.45) is 2.29. The lowest BCUT2D eigenvalue weighted by atomic mass is 10.0. The van der Waals surface area contributed by atoms with Crippen molar-refractivity contribution in [3.05, 3.63) is 18.0 Å². The number of aromatic nitrogens is 1. The first-order valence-corrected chi connectivity index (χ1v) is 9.17. The van der Waals surface area contributed by atoms with Gasteiger partial charge in [-0.3, -0.25) is 19.4 Å². The molecule has 0 aliphatic carbocycles. The fraction of sp³-hybridized carbons (Fsp3) is 0.556. The molecule has 1 saturated heterocycles. The summed E-state index contributed by atoms with van der Waals surface area (Å²) in [6, 6.07) is 3.55. The topological polar surface area (TPSA) is 95.8 Å². The molecule has 0 bridgehead atoms. The third-order valence-corrected chi connectivity index (χ3v) is 5.01. The van der Waals surface area contributed by atoms with E-state index in [9.17, 15) is 9.59 Å². The van der Waals surface area contributed by atoms with Crippen LogP contribution in [-0.2, 0) is 14.3 Å². The van der Waals surface area contributed by atoms with Crippen LogP contribution in [0.5, 0.6) is 5.75 Å². The van der Waals surface area contributed by atoms with E-state index in [-0.39, 0.29) is 24.0 Å². The van der Waals surface area contributed by atoms with Crippen molar-refractivity contribution in [1.82, 2.24) is 9.88 Å². The molecule has 1 fully saturated rings. The zero-order valence-electron chi connectivity index (χ0n) is 15.9. The Labute approximate surface area is 164 Å². The molecule has 1 amide bonds. The van der Waals surface area contributed by atoms with Crippen molar-refractivity contribution >= 4 is 30.2 Å². The lowest BCUT2D eigenvalue weighted by Crippen LogP contribution is -2.45. The molecule has 9 heteroatoms. The molecule has 1 aliphatic rings. The van der Waals surface area contributed by atoms with Gasteiger partial charge in [-0.15, -0.1) is 12.6 Å². The summed E-state index contributed by atoms with van der Waals surface area (Å²) in [4.78, 5) is 32.1. The van der Waals surface area contributed by atoms with E-state index in [1.54, 1.807) is 13.0 Å². The minimum Gasteiger partial charge on any atom is -0.494 e. The smallest absolute Gasteiger partial charge is 0.305 e. The van der Waals surface area contributed by atoms with Gasteiger partial charge in [-0.25, -0.2) is 4.98 Å². The van der Waals surface area contributed by atoms with Crippen molar-refractivity contribution in [3.63, 3.8) is 0 Å². The molecule has 0 spiro atoms. The van der Waals surface area contributed by atoms with Gasteiger partial charge in [0.05, 0.1) is 31.1 Å². The minimum absolute atomic E-state index is 0.146. The number of nitrogens with zero attached hydrogens (tertiary/aromatic N) is 4. The summed E-state index contributed by atoms with van der Waals surface area (Å²) >= 11 is 4.63. The van der Waals surface area contributed by atoms with Crippen LogP contribution in [0, 0.1) is 11.3 Å². The molecule has 1 aromatic rings. The second-order valence-electron chi connectivity index (χ2n) is 6.54. The summed E-state index contributed by atoms with van der Waals surface area (Å²) in [5.74, 6) is -0.108. The van der Waals surface area contributed by atoms with Crippen molar-refractivity contribution < 1.29 is 19.1 Å². The van der Waals surface area contributed by atoms with E-state index in [4.69, 9.17) is 14.7 Å². The van der Waals surface area contributed by atoms with E-state index in [2.05, 4.69) is 17.6 Å². The Kier molecular flexibility index (Phi) is 6.68. The highest BCUT2D eigenvalue weighted by atomic mass is 32.1. The molecule has 1 aromatic heterocycles. The van der Waals surface area contributed by atoms with E-state index in [0.717, 1.165) is 0 Å². The predicted molar refractivity (Wildman–Crippen MR) is 102 cm³/mol. The molecule has 1 unspecified atom stereocenters. The number of anilines is 1. The number of carbonyl (C=O) groups is 2. The SMILES string of the molecule is CCOC(=O)CCCN1C(S)N(c2cnc(C#N)c(OC)c2)C(=O)C1(C)C. The summed E-state index contributed by atoms with van der Waals surface area (Å²) in [5.41, 5.74) is -0.692. The third kappa shape index (κ3) is 4.17. The maximum Gasteiger partial charge on any atom is 0.305 e. The molecule has 0 radical (unpaired) electrons. The van der Waals surface area contributed by atoms with E-state index >= 15 is 0 Å². The van der Waals surface area contributed by atoms with Crippen LogP contribution in [0.3, 0.4) is 0 Å². The standard InChI is InChI=1S/C18H24N4O4S/c1-5-26-15(23)7-6-8-21-17(27)22(16(24)18(21,2)3)12-9-14(25-4)13(10-19)20-11-12/h9,11,17,27H,5-8H2,1-4H3. The van der Waals surface area contributed by atoms with Gasteiger partial charge < -0.3 is 9.47 Å². The predicted octanol–water partition coefficient (Wildman–Crippen LogP) is 1.95. The normalized spacial score (nSPS) is 19.0. The number of hydrogen-bond donors (Lipinski definition) is 1. The second-order valence-corrected chi connectivity index (χ2v) is 7.00. The summed E-state index contributed by atoms with van der Waals surface area (Å²) < 4.78 is 10.1. The van der Waals surface area contributed by atoms with Crippen LogP contribution in [-0.4, -0.2) is 53.1 Å². The Morgan fingerprint density at radius 1 is 1.48 bits per heavy atom. The summed E-state index contributed by atoms with van der Waals surface area (Å²) in [5, 5.41) is 9.08. The molecule has 2 rings (SSSR count). The Morgan fingerprint density at radius 2 is 2.19 bits per heavy atom. The number of esters is 1. The van der Waals surface area contributed by atoms with Crippen molar-refractivity contribution in [2.45, 2.75) is 44.6 Å². The Hall–Kier alpha value is -2.31. The van der Waals surface area contributed by atoms with Crippen molar-refractivity contribution in [3.8, 4) is 11.8 Å². The molecule has 2 heterocycles. The maximum atomic E-state index is 13.0. The number of methoxy groups -OCH3 is 1. The second kappa shape index (κ2) is 8.59. The Balaban J connectivity index is 2.21. The van der Waals surface area contributed by atoms with Gasteiger partial charge >= 0.3 is 5.97 Å². The lowest BCUT2D eigenvalue weighted by Gasteiger charge is -2.30. The fourth-order valence-electron chi connectivity index (χ4n) is 3.03. The number of amides is 1. The lowest BCUT2D eigenvalue weighted by molar-refractivity contribution is -0.143. The van der Waals surface area contributed by atoms with Gasteiger partial charge in [-0.1, -0.05) is 0 Å². The van der Waals surface area contributed by atoms with Crippen LogP contribution in [0.15, 0.2) is 12.3 Å². The highest BCUT2D eigenvalue weighted by Crippen LogP contribution is 2.37. The average Bonchev–Trinajstić information content (AvgIpc) is 2.80. The monoisotopic (exact) mass is 392 g/mol. The zero-order valence-corrected chi connectivity index (χ0v) is 16.8. The van der Waals surface area contributed by atoms with Gasteiger partial charge in [-0.2, -0.15) is 5.26 Å². The highest BCUT2D eigenvalue weighted by molar-refractivity contribution is 7.81.